The van der Waals surface area contributed by atoms with Gasteiger partial charge in [-0.1, -0.05) is 6.42 Å². The van der Waals surface area contributed by atoms with Gasteiger partial charge in [0.15, 0.2) is 5.65 Å². The molecule has 21 heavy (non-hydrogen) atoms. The molecule has 1 saturated carbocycles. The van der Waals surface area contributed by atoms with Crippen LogP contribution in [-0.2, 0) is 6.54 Å². The van der Waals surface area contributed by atoms with Crippen molar-refractivity contribution < 1.29 is 0 Å². The van der Waals surface area contributed by atoms with Crippen LogP contribution in [-0.4, -0.2) is 32.6 Å². The molecule has 0 amide bonds. The molecule has 108 valence electrons. The first-order valence-corrected chi connectivity index (χ1v) is 7.42. The first kappa shape index (κ1) is 12.6. The molecule has 6 nitrogen and oxygen atoms in total. The molecule has 0 atom stereocenters. The highest BCUT2D eigenvalue weighted by molar-refractivity contribution is 5.53. The average molecular weight is 283 g/mol. The fraction of sp³-hybridized carbons (Fsp3) is 0.533. The summed E-state index contributed by atoms with van der Waals surface area (Å²) in [4.78, 5) is 18.9. The van der Waals surface area contributed by atoms with E-state index >= 15 is 0 Å². The highest BCUT2D eigenvalue weighted by Gasteiger charge is 2.42. The van der Waals surface area contributed by atoms with Crippen LogP contribution in [0, 0.1) is 16.7 Å². The SMILES string of the molecule is N#Cc1c[nH]n2c(=O)cc(CN3CCC4(CCC4)C3)nc12. The molecule has 0 radical (unpaired) electrons. The Morgan fingerprint density at radius 1 is 1.43 bits per heavy atom. The van der Waals surface area contributed by atoms with Gasteiger partial charge in [-0.05, 0) is 31.2 Å². The molecule has 1 aliphatic carbocycles. The lowest BCUT2D eigenvalue weighted by atomic mass is 9.68. The number of hydrogen-bond acceptors (Lipinski definition) is 4. The normalized spacial score (nSPS) is 20.7. The number of aromatic nitrogens is 3. The summed E-state index contributed by atoms with van der Waals surface area (Å²) in [5.74, 6) is 0. The second-order valence-electron chi connectivity index (χ2n) is 6.36. The predicted molar refractivity (Wildman–Crippen MR) is 76.7 cm³/mol. The van der Waals surface area contributed by atoms with Crippen molar-refractivity contribution in [2.24, 2.45) is 5.41 Å². The third kappa shape index (κ3) is 1.96. The van der Waals surface area contributed by atoms with Gasteiger partial charge in [-0.2, -0.15) is 5.26 Å². The van der Waals surface area contributed by atoms with E-state index in [0.717, 1.165) is 18.8 Å². The summed E-state index contributed by atoms with van der Waals surface area (Å²) in [7, 11) is 0. The van der Waals surface area contributed by atoms with Crippen molar-refractivity contribution >= 4 is 5.65 Å². The number of nitrogens with zero attached hydrogens (tertiary/aromatic N) is 4. The minimum Gasteiger partial charge on any atom is -0.297 e. The molecule has 0 aromatic carbocycles. The summed E-state index contributed by atoms with van der Waals surface area (Å²) in [5.41, 5.74) is 1.98. The zero-order valence-corrected chi connectivity index (χ0v) is 11.8. The molecule has 3 heterocycles. The van der Waals surface area contributed by atoms with Crippen molar-refractivity contribution in [1.82, 2.24) is 19.5 Å². The van der Waals surface area contributed by atoms with E-state index in [1.54, 1.807) is 6.07 Å². The van der Waals surface area contributed by atoms with Gasteiger partial charge in [0, 0.05) is 25.4 Å². The Hall–Kier alpha value is -2.13. The molecular weight excluding hydrogens is 266 g/mol. The number of nitrogens with one attached hydrogen (secondary N) is 1. The minimum atomic E-state index is -0.158. The lowest BCUT2D eigenvalue weighted by Gasteiger charge is -2.38. The van der Waals surface area contributed by atoms with Crippen molar-refractivity contribution in [2.45, 2.75) is 32.2 Å². The molecule has 4 rings (SSSR count). The van der Waals surface area contributed by atoms with Crippen LogP contribution in [0.4, 0.5) is 0 Å². The van der Waals surface area contributed by atoms with Crippen molar-refractivity contribution in [3.63, 3.8) is 0 Å². The van der Waals surface area contributed by atoms with Crippen LogP contribution in [0.3, 0.4) is 0 Å². The maximum absolute atomic E-state index is 12.1. The Morgan fingerprint density at radius 2 is 2.29 bits per heavy atom. The fourth-order valence-electron chi connectivity index (χ4n) is 3.67. The van der Waals surface area contributed by atoms with Crippen LogP contribution in [0.15, 0.2) is 17.1 Å². The number of fused-ring (bicyclic) bond motifs is 1. The molecule has 0 unspecified atom stereocenters. The van der Waals surface area contributed by atoms with Gasteiger partial charge in [-0.15, -0.1) is 0 Å². The van der Waals surface area contributed by atoms with Gasteiger partial charge in [0.1, 0.15) is 11.6 Å². The number of nitriles is 1. The molecule has 0 bridgehead atoms. The van der Waals surface area contributed by atoms with Gasteiger partial charge in [0.05, 0.1) is 5.69 Å². The number of aromatic amines is 1. The van der Waals surface area contributed by atoms with Crippen LogP contribution in [0.1, 0.15) is 36.9 Å². The molecule has 1 saturated heterocycles. The van der Waals surface area contributed by atoms with Gasteiger partial charge in [-0.25, -0.2) is 9.50 Å². The smallest absolute Gasteiger partial charge is 0.272 e. The standard InChI is InChI=1S/C15H17N5O/c16-7-11-8-17-20-13(21)6-12(18-14(11)20)9-19-5-4-15(10-19)2-1-3-15/h6,8,17H,1-5,9-10H2. The van der Waals surface area contributed by atoms with Gasteiger partial charge in [0.25, 0.3) is 5.56 Å². The van der Waals surface area contributed by atoms with E-state index in [2.05, 4.69) is 21.1 Å². The third-order valence-corrected chi connectivity index (χ3v) is 4.99. The van der Waals surface area contributed by atoms with Crippen molar-refractivity contribution in [1.29, 1.82) is 5.26 Å². The van der Waals surface area contributed by atoms with E-state index in [9.17, 15) is 4.79 Å². The summed E-state index contributed by atoms with van der Waals surface area (Å²) in [5, 5.41) is 11.8. The van der Waals surface area contributed by atoms with Gasteiger partial charge >= 0.3 is 0 Å². The van der Waals surface area contributed by atoms with Crippen LogP contribution in [0.2, 0.25) is 0 Å². The van der Waals surface area contributed by atoms with Crippen molar-refractivity contribution in [3.8, 4) is 6.07 Å². The summed E-state index contributed by atoms with van der Waals surface area (Å²) in [6.45, 7) is 2.90. The quantitative estimate of drug-likeness (QED) is 0.900. The van der Waals surface area contributed by atoms with Crippen LogP contribution < -0.4 is 5.56 Å². The Bertz CT molecular complexity index is 792. The Balaban J connectivity index is 1.62. The summed E-state index contributed by atoms with van der Waals surface area (Å²) >= 11 is 0. The highest BCUT2D eigenvalue weighted by atomic mass is 16.1. The summed E-state index contributed by atoms with van der Waals surface area (Å²) in [6.07, 6.45) is 6.83. The average Bonchev–Trinajstić information content (AvgIpc) is 3.02. The lowest BCUT2D eigenvalue weighted by molar-refractivity contribution is 0.137. The Kier molecular flexibility index (Phi) is 2.66. The summed E-state index contributed by atoms with van der Waals surface area (Å²) < 4.78 is 1.32. The molecular formula is C15H17N5O. The van der Waals surface area contributed by atoms with E-state index in [4.69, 9.17) is 5.26 Å². The number of likely N-dealkylation sites (tertiary alicyclic amines) is 1. The number of rotatable bonds is 2. The monoisotopic (exact) mass is 283 g/mol. The number of hydrogen-bond donors (Lipinski definition) is 1. The molecule has 6 heteroatoms. The second-order valence-corrected chi connectivity index (χ2v) is 6.36. The fourth-order valence-corrected chi connectivity index (χ4v) is 3.67. The van der Waals surface area contributed by atoms with Crippen molar-refractivity contribution in [3.05, 3.63) is 33.9 Å². The zero-order valence-electron chi connectivity index (χ0n) is 11.8. The maximum atomic E-state index is 12.1. The zero-order chi connectivity index (χ0) is 14.4. The lowest BCUT2D eigenvalue weighted by Crippen LogP contribution is -2.33. The van der Waals surface area contributed by atoms with Crippen molar-refractivity contribution in [2.75, 3.05) is 13.1 Å². The van der Waals surface area contributed by atoms with Gasteiger partial charge in [0.2, 0.25) is 0 Å². The van der Waals surface area contributed by atoms with E-state index in [1.165, 1.54) is 36.4 Å². The molecule has 2 aliphatic rings. The van der Waals surface area contributed by atoms with Crippen LogP contribution >= 0.6 is 0 Å². The van der Waals surface area contributed by atoms with Gasteiger partial charge < -0.3 is 0 Å². The molecule has 1 N–H and O–H groups in total. The molecule has 1 aliphatic heterocycles. The first-order chi connectivity index (χ1) is 10.2. The van der Waals surface area contributed by atoms with E-state index in [1.807, 2.05) is 0 Å². The van der Waals surface area contributed by atoms with Crippen LogP contribution in [0.5, 0.6) is 0 Å². The largest absolute Gasteiger partial charge is 0.297 e. The molecule has 2 fully saturated rings. The minimum absolute atomic E-state index is 0.158. The second kappa shape index (κ2) is 4.43. The van der Waals surface area contributed by atoms with E-state index in [0.29, 0.717) is 23.2 Å². The molecule has 2 aromatic heterocycles. The first-order valence-electron chi connectivity index (χ1n) is 7.42. The molecule has 2 aromatic rings. The third-order valence-electron chi connectivity index (χ3n) is 4.99. The van der Waals surface area contributed by atoms with E-state index < -0.39 is 0 Å². The topological polar surface area (TPSA) is 77.2 Å². The number of H-pyrrole nitrogens is 1. The van der Waals surface area contributed by atoms with Crippen LogP contribution in [0.25, 0.3) is 5.65 Å². The summed E-state index contributed by atoms with van der Waals surface area (Å²) in [6, 6.07) is 3.63. The highest BCUT2D eigenvalue weighted by Crippen LogP contribution is 2.48. The van der Waals surface area contributed by atoms with E-state index in [-0.39, 0.29) is 5.56 Å². The molecule has 1 spiro atoms. The maximum Gasteiger partial charge on any atom is 0.272 e. The predicted octanol–water partition coefficient (Wildman–Crippen LogP) is 1.27. The Morgan fingerprint density at radius 3 is 2.95 bits per heavy atom. The Labute approximate surface area is 122 Å². The van der Waals surface area contributed by atoms with Gasteiger partial charge in [-0.3, -0.25) is 14.8 Å².